The molecule has 0 radical (unpaired) electrons. The van der Waals surface area contributed by atoms with Crippen molar-refractivity contribution >= 4 is 5.97 Å². The average molecular weight is 244 g/mol. The van der Waals surface area contributed by atoms with Gasteiger partial charge in [-0.25, -0.2) is 0 Å². The summed E-state index contributed by atoms with van der Waals surface area (Å²) in [5.41, 5.74) is -0.811. The van der Waals surface area contributed by atoms with Crippen molar-refractivity contribution in [2.75, 3.05) is 20.6 Å². The van der Waals surface area contributed by atoms with Crippen molar-refractivity contribution in [1.29, 1.82) is 0 Å². The number of rotatable bonds is 8. The molecule has 4 heteroatoms. The van der Waals surface area contributed by atoms with Crippen LogP contribution < -0.4 is 5.32 Å². The topological polar surface area (TPSA) is 52.6 Å². The van der Waals surface area contributed by atoms with E-state index in [-0.39, 0.29) is 0 Å². The summed E-state index contributed by atoms with van der Waals surface area (Å²) in [4.78, 5) is 13.4. The van der Waals surface area contributed by atoms with Crippen LogP contribution in [0.25, 0.3) is 0 Å². The lowest BCUT2D eigenvalue weighted by Crippen LogP contribution is -2.53. The van der Waals surface area contributed by atoms with E-state index in [2.05, 4.69) is 31.0 Å². The van der Waals surface area contributed by atoms with Gasteiger partial charge in [-0.1, -0.05) is 13.8 Å². The minimum atomic E-state index is -0.811. The Bertz CT molecular complexity index is 242. The SMILES string of the molecule is CC(C)CCC(C)(NCC(C)N(C)C)C(=O)O. The van der Waals surface area contributed by atoms with Gasteiger partial charge in [0.05, 0.1) is 0 Å². The Balaban J connectivity index is 4.36. The van der Waals surface area contributed by atoms with Gasteiger partial charge in [0.25, 0.3) is 0 Å². The van der Waals surface area contributed by atoms with E-state index in [0.717, 1.165) is 6.42 Å². The minimum Gasteiger partial charge on any atom is -0.480 e. The van der Waals surface area contributed by atoms with Crippen molar-refractivity contribution in [1.82, 2.24) is 10.2 Å². The molecule has 0 aliphatic rings. The summed E-state index contributed by atoms with van der Waals surface area (Å²) in [6.07, 6.45) is 1.59. The number of hydrogen-bond acceptors (Lipinski definition) is 3. The van der Waals surface area contributed by atoms with Crippen molar-refractivity contribution < 1.29 is 9.90 Å². The Morgan fingerprint density at radius 1 is 1.35 bits per heavy atom. The molecule has 0 saturated carbocycles. The monoisotopic (exact) mass is 244 g/mol. The average Bonchev–Trinajstić information content (AvgIpc) is 2.22. The largest absolute Gasteiger partial charge is 0.480 e. The molecule has 0 aromatic carbocycles. The number of nitrogens with zero attached hydrogens (tertiary/aromatic N) is 1. The third kappa shape index (κ3) is 6.03. The smallest absolute Gasteiger partial charge is 0.323 e. The molecule has 17 heavy (non-hydrogen) atoms. The van der Waals surface area contributed by atoms with Gasteiger partial charge in [0.15, 0.2) is 0 Å². The van der Waals surface area contributed by atoms with Gasteiger partial charge in [-0.15, -0.1) is 0 Å². The van der Waals surface area contributed by atoms with E-state index in [9.17, 15) is 9.90 Å². The predicted molar refractivity (Wildman–Crippen MR) is 71.3 cm³/mol. The predicted octanol–water partition coefficient (Wildman–Crippen LogP) is 1.81. The van der Waals surface area contributed by atoms with Gasteiger partial charge in [0.1, 0.15) is 5.54 Å². The first-order valence-corrected chi connectivity index (χ1v) is 6.34. The normalized spacial score (nSPS) is 17.2. The Hall–Kier alpha value is -0.610. The standard InChI is InChI=1S/C13H28N2O2/c1-10(2)7-8-13(4,12(16)17)14-9-11(3)15(5)6/h10-11,14H,7-9H2,1-6H3,(H,16,17). The summed E-state index contributed by atoms with van der Waals surface area (Å²) in [6.45, 7) is 8.78. The molecule has 0 aromatic heterocycles. The van der Waals surface area contributed by atoms with Gasteiger partial charge in [-0.3, -0.25) is 4.79 Å². The van der Waals surface area contributed by atoms with Crippen molar-refractivity contribution in [3.63, 3.8) is 0 Å². The fourth-order valence-corrected chi connectivity index (χ4v) is 1.40. The van der Waals surface area contributed by atoms with E-state index in [1.807, 2.05) is 14.1 Å². The fraction of sp³-hybridized carbons (Fsp3) is 0.923. The van der Waals surface area contributed by atoms with Crippen molar-refractivity contribution in [3.8, 4) is 0 Å². The molecule has 0 rings (SSSR count). The summed E-state index contributed by atoms with van der Waals surface area (Å²) < 4.78 is 0. The summed E-state index contributed by atoms with van der Waals surface area (Å²) >= 11 is 0. The molecule has 0 spiro atoms. The first kappa shape index (κ1) is 16.4. The second-order valence-electron chi connectivity index (χ2n) is 5.76. The van der Waals surface area contributed by atoms with Crippen LogP contribution in [-0.4, -0.2) is 48.2 Å². The van der Waals surface area contributed by atoms with Crippen LogP contribution >= 0.6 is 0 Å². The van der Waals surface area contributed by atoms with Gasteiger partial charge in [0.2, 0.25) is 0 Å². The lowest BCUT2D eigenvalue weighted by Gasteiger charge is -2.30. The van der Waals surface area contributed by atoms with Crippen LogP contribution in [0.15, 0.2) is 0 Å². The summed E-state index contributed by atoms with van der Waals surface area (Å²) in [6, 6.07) is 0.327. The third-order valence-electron chi connectivity index (χ3n) is 3.36. The number of likely N-dealkylation sites (N-methyl/N-ethyl adjacent to an activating group) is 1. The maximum Gasteiger partial charge on any atom is 0.323 e. The first-order valence-electron chi connectivity index (χ1n) is 6.34. The second-order valence-corrected chi connectivity index (χ2v) is 5.76. The first-order chi connectivity index (χ1) is 7.69. The lowest BCUT2D eigenvalue weighted by atomic mass is 9.91. The van der Waals surface area contributed by atoms with Crippen LogP contribution in [0.2, 0.25) is 0 Å². The second kappa shape index (κ2) is 6.97. The van der Waals surface area contributed by atoms with Crippen LogP contribution in [0.5, 0.6) is 0 Å². The quantitative estimate of drug-likeness (QED) is 0.683. The Kier molecular flexibility index (Phi) is 6.72. The molecule has 102 valence electrons. The van der Waals surface area contributed by atoms with Crippen LogP contribution in [0, 0.1) is 5.92 Å². The number of carboxylic acids is 1. The number of aliphatic carboxylic acids is 1. The Morgan fingerprint density at radius 3 is 2.24 bits per heavy atom. The molecule has 4 nitrogen and oxygen atoms in total. The van der Waals surface area contributed by atoms with Crippen molar-refractivity contribution in [2.45, 2.75) is 52.1 Å². The van der Waals surface area contributed by atoms with Crippen LogP contribution in [-0.2, 0) is 4.79 Å². The highest BCUT2D eigenvalue weighted by Gasteiger charge is 2.32. The van der Waals surface area contributed by atoms with E-state index in [4.69, 9.17) is 0 Å². The highest BCUT2D eigenvalue weighted by atomic mass is 16.4. The zero-order chi connectivity index (χ0) is 13.6. The van der Waals surface area contributed by atoms with E-state index < -0.39 is 11.5 Å². The number of hydrogen-bond donors (Lipinski definition) is 2. The van der Waals surface area contributed by atoms with Gasteiger partial charge < -0.3 is 15.3 Å². The Labute approximate surface area is 105 Å². The molecule has 0 fully saturated rings. The van der Waals surface area contributed by atoms with E-state index in [1.54, 1.807) is 6.92 Å². The number of carbonyl (C=O) groups is 1. The van der Waals surface area contributed by atoms with Gasteiger partial charge in [0, 0.05) is 12.6 Å². The molecular formula is C13H28N2O2. The van der Waals surface area contributed by atoms with Crippen LogP contribution in [0.4, 0.5) is 0 Å². The molecule has 0 heterocycles. The van der Waals surface area contributed by atoms with E-state index in [1.165, 1.54) is 0 Å². The molecule has 0 aliphatic carbocycles. The summed E-state index contributed by atoms with van der Waals surface area (Å²) in [5.74, 6) is -0.231. The maximum atomic E-state index is 11.3. The molecular weight excluding hydrogens is 216 g/mol. The zero-order valence-corrected chi connectivity index (χ0v) is 12.1. The number of carboxylic acid groups (broad SMARTS) is 1. The third-order valence-corrected chi connectivity index (χ3v) is 3.36. The van der Waals surface area contributed by atoms with Gasteiger partial charge >= 0.3 is 5.97 Å². The Morgan fingerprint density at radius 2 is 1.88 bits per heavy atom. The molecule has 0 bridgehead atoms. The molecule has 2 unspecified atom stereocenters. The van der Waals surface area contributed by atoms with Gasteiger partial charge in [-0.2, -0.15) is 0 Å². The minimum absolute atomic E-state index is 0.327. The molecule has 0 aromatic rings. The highest BCUT2D eigenvalue weighted by molar-refractivity contribution is 5.78. The van der Waals surface area contributed by atoms with Crippen molar-refractivity contribution in [3.05, 3.63) is 0 Å². The summed E-state index contributed by atoms with van der Waals surface area (Å²) in [5, 5.41) is 12.5. The van der Waals surface area contributed by atoms with E-state index >= 15 is 0 Å². The lowest BCUT2D eigenvalue weighted by molar-refractivity contribution is -0.144. The maximum absolute atomic E-state index is 11.3. The molecule has 0 aliphatic heterocycles. The van der Waals surface area contributed by atoms with Crippen LogP contribution in [0.1, 0.15) is 40.5 Å². The molecule has 0 saturated heterocycles. The molecule has 2 N–H and O–H groups in total. The van der Waals surface area contributed by atoms with Gasteiger partial charge in [-0.05, 0) is 46.7 Å². The summed E-state index contributed by atoms with van der Waals surface area (Å²) in [7, 11) is 4.00. The van der Waals surface area contributed by atoms with Crippen molar-refractivity contribution in [2.24, 2.45) is 5.92 Å². The van der Waals surface area contributed by atoms with E-state index in [0.29, 0.717) is 24.9 Å². The molecule has 2 atom stereocenters. The zero-order valence-electron chi connectivity index (χ0n) is 12.1. The fourth-order valence-electron chi connectivity index (χ4n) is 1.40. The van der Waals surface area contributed by atoms with Crippen LogP contribution in [0.3, 0.4) is 0 Å². The number of nitrogens with one attached hydrogen (secondary N) is 1. The highest BCUT2D eigenvalue weighted by Crippen LogP contribution is 2.17. The molecule has 0 amide bonds.